The number of hydrogen-bond acceptors (Lipinski definition) is 5. The van der Waals surface area contributed by atoms with Gasteiger partial charge in [-0.2, -0.15) is 12.4 Å². The molecule has 1 aliphatic rings. The van der Waals surface area contributed by atoms with Gasteiger partial charge in [-0.05, 0) is 6.42 Å². The second-order valence-corrected chi connectivity index (χ2v) is 4.99. The van der Waals surface area contributed by atoms with Crippen LogP contribution in [0.4, 0.5) is 0 Å². The zero-order valence-electron chi connectivity index (χ0n) is 6.02. The minimum Gasteiger partial charge on any atom is -0.311 e. The van der Waals surface area contributed by atoms with Gasteiger partial charge in [0.15, 0.2) is 0 Å². The molecule has 1 aliphatic heterocycles. The minimum atomic E-state index is -3.44. The lowest BCUT2D eigenvalue weighted by Gasteiger charge is -2.18. The van der Waals surface area contributed by atoms with Gasteiger partial charge in [0.1, 0.15) is 0 Å². The minimum absolute atomic E-state index is 0.501. The van der Waals surface area contributed by atoms with Gasteiger partial charge in [0, 0.05) is 0 Å². The molecule has 0 aliphatic carbocycles. The molecule has 0 unspecified atom stereocenters. The first kappa shape index (κ1) is 9.35. The molecule has 5 nitrogen and oxygen atoms in total. The monoisotopic (exact) mass is 200 g/mol. The van der Waals surface area contributed by atoms with Gasteiger partial charge >= 0.3 is 8.60 Å². The van der Waals surface area contributed by atoms with Crippen LogP contribution < -0.4 is 0 Å². The zero-order chi connectivity index (χ0) is 8.32. The van der Waals surface area contributed by atoms with Crippen LogP contribution in [0, 0.1) is 0 Å². The quantitative estimate of drug-likeness (QED) is 0.611. The third-order valence-corrected chi connectivity index (χ3v) is 3.24. The van der Waals surface area contributed by atoms with Crippen LogP contribution in [-0.2, 0) is 23.1 Å². The van der Waals surface area contributed by atoms with Crippen LogP contribution in [0.3, 0.4) is 0 Å². The van der Waals surface area contributed by atoms with Gasteiger partial charge in [-0.15, -0.1) is 0 Å². The van der Waals surface area contributed by atoms with Gasteiger partial charge in [0.05, 0.1) is 19.5 Å². The van der Waals surface area contributed by atoms with E-state index in [-0.39, 0.29) is 0 Å². The molecule has 0 aromatic rings. The fraction of sp³-hybridized carbons (Fsp3) is 1.00. The van der Waals surface area contributed by atoms with Crippen LogP contribution in [0.25, 0.3) is 0 Å². The molecule has 1 rings (SSSR count). The van der Waals surface area contributed by atoms with Crippen molar-refractivity contribution in [3.8, 4) is 0 Å². The Morgan fingerprint density at radius 3 is 2.36 bits per heavy atom. The smallest absolute Gasteiger partial charge is 0.311 e. The summed E-state index contributed by atoms with van der Waals surface area (Å²) in [6.07, 6.45) is 1.75. The topological polar surface area (TPSA) is 61.8 Å². The largest absolute Gasteiger partial charge is 0.348 e. The normalized spacial score (nSPS) is 21.9. The highest BCUT2D eigenvalue weighted by Crippen LogP contribution is 2.43. The zero-order valence-corrected chi connectivity index (χ0v) is 7.73. The lowest BCUT2D eigenvalue weighted by atomic mass is 10.5. The fourth-order valence-corrected chi connectivity index (χ4v) is 2.39. The van der Waals surface area contributed by atoms with Crippen molar-refractivity contribution in [2.75, 3.05) is 19.5 Å². The maximum Gasteiger partial charge on any atom is 0.348 e. The van der Waals surface area contributed by atoms with Crippen molar-refractivity contribution < 1.29 is 21.4 Å². The predicted molar refractivity (Wildman–Crippen MR) is 39.4 cm³/mol. The lowest BCUT2D eigenvalue weighted by molar-refractivity contribution is 0.149. The summed E-state index contributed by atoms with van der Waals surface area (Å²) in [4.78, 5) is 0. The van der Waals surface area contributed by atoms with Crippen LogP contribution in [0.2, 0.25) is 0 Å². The van der Waals surface area contributed by atoms with Gasteiger partial charge in [-0.3, -0.25) is 0 Å². The second-order valence-electron chi connectivity index (χ2n) is 2.02. The molecule has 66 valence electrons. The van der Waals surface area contributed by atoms with E-state index in [9.17, 15) is 8.42 Å². The first-order valence-electron chi connectivity index (χ1n) is 3.03. The van der Waals surface area contributed by atoms with E-state index in [1.807, 2.05) is 0 Å². The predicted octanol–water partition coefficient (Wildman–Crippen LogP) is 0.626. The van der Waals surface area contributed by atoms with E-state index in [1.165, 1.54) is 0 Å². The highest BCUT2D eigenvalue weighted by Gasteiger charge is 2.21. The molecule has 0 spiro atoms. The first-order valence-corrected chi connectivity index (χ1v) is 5.95. The Morgan fingerprint density at radius 2 is 1.91 bits per heavy atom. The summed E-state index contributed by atoms with van der Waals surface area (Å²) in [6, 6.07) is 0. The standard InChI is InChI=1S/C4H9O5PS/c1-11(5,6)9-10-7-3-2-4-8-10/h2-4H2,1H3. The molecular weight excluding hydrogens is 191 g/mol. The molecule has 0 radical (unpaired) electrons. The molecule has 1 saturated heterocycles. The van der Waals surface area contributed by atoms with Gasteiger partial charge < -0.3 is 9.05 Å². The summed E-state index contributed by atoms with van der Waals surface area (Å²) in [5, 5.41) is 0. The molecular formula is C4H9O5PS. The summed E-state index contributed by atoms with van der Waals surface area (Å²) in [5.41, 5.74) is 0. The van der Waals surface area contributed by atoms with Crippen molar-refractivity contribution in [1.29, 1.82) is 0 Å². The van der Waals surface area contributed by atoms with Crippen LogP contribution in [-0.4, -0.2) is 27.9 Å². The van der Waals surface area contributed by atoms with Gasteiger partial charge in [0.2, 0.25) is 0 Å². The van der Waals surface area contributed by atoms with E-state index in [4.69, 9.17) is 9.05 Å². The van der Waals surface area contributed by atoms with Gasteiger partial charge in [-0.1, -0.05) is 0 Å². The SMILES string of the molecule is CS(=O)(=O)OP1OCCCO1. The van der Waals surface area contributed by atoms with Crippen molar-refractivity contribution in [3.63, 3.8) is 0 Å². The summed E-state index contributed by atoms with van der Waals surface area (Å²) < 4.78 is 35.3. The van der Waals surface area contributed by atoms with Crippen LogP contribution in [0.15, 0.2) is 0 Å². The van der Waals surface area contributed by atoms with E-state index in [2.05, 4.69) is 3.97 Å². The van der Waals surface area contributed by atoms with Gasteiger partial charge in [-0.25, -0.2) is 0 Å². The average Bonchev–Trinajstić information content (AvgIpc) is 1.85. The van der Waals surface area contributed by atoms with Crippen molar-refractivity contribution in [2.24, 2.45) is 0 Å². The highest BCUT2D eigenvalue weighted by molar-refractivity contribution is 7.89. The maximum absolute atomic E-state index is 10.5. The summed E-state index contributed by atoms with van der Waals surface area (Å²) >= 11 is 0. The van der Waals surface area contributed by atoms with Crippen molar-refractivity contribution in [2.45, 2.75) is 6.42 Å². The Bertz CT molecular complexity index is 207. The molecule has 0 aromatic carbocycles. The molecule has 0 saturated carbocycles. The molecule has 0 bridgehead atoms. The van der Waals surface area contributed by atoms with E-state index >= 15 is 0 Å². The lowest BCUT2D eigenvalue weighted by Crippen LogP contribution is -2.09. The Hall–Kier alpha value is 0.260. The van der Waals surface area contributed by atoms with Crippen molar-refractivity contribution in [1.82, 2.24) is 0 Å². The second kappa shape index (κ2) is 3.78. The van der Waals surface area contributed by atoms with Crippen LogP contribution >= 0.6 is 8.60 Å². The van der Waals surface area contributed by atoms with Crippen LogP contribution in [0.1, 0.15) is 6.42 Å². The highest BCUT2D eigenvalue weighted by atomic mass is 32.2. The Labute approximate surface area is 66.8 Å². The maximum atomic E-state index is 10.5. The Balaban J connectivity index is 2.36. The van der Waals surface area contributed by atoms with E-state index in [1.54, 1.807) is 0 Å². The number of hydrogen-bond donors (Lipinski definition) is 0. The average molecular weight is 200 g/mol. The van der Waals surface area contributed by atoms with E-state index in [0.717, 1.165) is 12.7 Å². The van der Waals surface area contributed by atoms with E-state index < -0.39 is 18.7 Å². The molecule has 1 fully saturated rings. The Kier molecular flexibility index (Phi) is 3.21. The summed E-state index contributed by atoms with van der Waals surface area (Å²) in [5.74, 6) is 0. The molecule has 7 heteroatoms. The fourth-order valence-electron chi connectivity index (χ4n) is 0.528. The van der Waals surface area contributed by atoms with Gasteiger partial charge in [0.25, 0.3) is 10.1 Å². The Morgan fingerprint density at radius 1 is 1.36 bits per heavy atom. The molecule has 0 N–H and O–H groups in total. The molecule has 0 atom stereocenters. The molecule has 11 heavy (non-hydrogen) atoms. The third kappa shape index (κ3) is 3.98. The summed E-state index contributed by atoms with van der Waals surface area (Å²) in [6.45, 7) is 1.00. The molecule has 0 amide bonds. The third-order valence-electron chi connectivity index (χ3n) is 0.878. The van der Waals surface area contributed by atoms with Crippen molar-refractivity contribution >= 4 is 18.7 Å². The summed E-state index contributed by atoms with van der Waals surface area (Å²) in [7, 11) is -5.09. The molecule has 0 aromatic heterocycles. The number of rotatable bonds is 2. The van der Waals surface area contributed by atoms with Crippen molar-refractivity contribution in [3.05, 3.63) is 0 Å². The van der Waals surface area contributed by atoms with E-state index in [0.29, 0.717) is 13.2 Å². The molecule has 1 heterocycles. The van der Waals surface area contributed by atoms with Crippen LogP contribution in [0.5, 0.6) is 0 Å². The first-order chi connectivity index (χ1) is 5.08.